The number of rotatable bonds is 4. The van der Waals surface area contributed by atoms with Crippen molar-refractivity contribution in [2.75, 3.05) is 19.7 Å². The number of carbonyl (C=O) groups excluding carboxylic acids is 2. The fourth-order valence-electron chi connectivity index (χ4n) is 3.77. The molecule has 0 aliphatic carbocycles. The number of H-pyrrole nitrogens is 1. The van der Waals surface area contributed by atoms with E-state index in [1.54, 1.807) is 17.3 Å². The second-order valence-corrected chi connectivity index (χ2v) is 9.12. The number of hydrogen-bond donors (Lipinski definition) is 2. The third kappa shape index (κ3) is 3.86. The first kappa shape index (κ1) is 20.3. The van der Waals surface area contributed by atoms with Gasteiger partial charge in [-0.3, -0.25) is 14.7 Å². The van der Waals surface area contributed by atoms with E-state index in [4.69, 9.17) is 9.47 Å². The highest BCUT2D eigenvalue weighted by atomic mass is 16.6. The van der Waals surface area contributed by atoms with Gasteiger partial charge in [0.15, 0.2) is 0 Å². The second-order valence-electron chi connectivity index (χ2n) is 9.12. The molecule has 0 saturated carbocycles. The van der Waals surface area contributed by atoms with Gasteiger partial charge in [0.2, 0.25) is 0 Å². The first-order valence-corrected chi connectivity index (χ1v) is 10.2. The van der Waals surface area contributed by atoms with Gasteiger partial charge < -0.3 is 19.8 Å². The van der Waals surface area contributed by atoms with Crippen molar-refractivity contribution in [1.29, 1.82) is 0 Å². The third-order valence-corrected chi connectivity index (χ3v) is 5.56. The third-order valence-electron chi connectivity index (χ3n) is 5.56. The molecule has 2 aromatic heterocycles. The van der Waals surface area contributed by atoms with Gasteiger partial charge in [0, 0.05) is 37.0 Å². The molecule has 0 spiro atoms. The zero-order valence-electron chi connectivity index (χ0n) is 17.9. The van der Waals surface area contributed by atoms with Crippen LogP contribution in [0.25, 0.3) is 11.3 Å². The number of aromatic nitrogens is 2. The number of pyridine rings is 1. The van der Waals surface area contributed by atoms with Crippen molar-refractivity contribution in [2.45, 2.75) is 51.7 Å². The van der Waals surface area contributed by atoms with Gasteiger partial charge in [0.1, 0.15) is 18.0 Å². The Kier molecular flexibility index (Phi) is 4.95. The first-order valence-electron chi connectivity index (χ1n) is 10.2. The lowest BCUT2D eigenvalue weighted by molar-refractivity contribution is -0.0533. The summed E-state index contributed by atoms with van der Waals surface area (Å²) in [5.41, 5.74) is 2.27. The lowest BCUT2D eigenvalue weighted by Gasteiger charge is -2.49. The van der Waals surface area contributed by atoms with Gasteiger partial charge in [-0.15, -0.1) is 0 Å². The average molecular weight is 412 g/mol. The molecule has 4 heterocycles. The van der Waals surface area contributed by atoms with Crippen molar-refractivity contribution in [3.8, 4) is 17.0 Å². The van der Waals surface area contributed by atoms with Gasteiger partial charge in [-0.2, -0.15) is 0 Å². The number of ether oxygens (including phenoxy) is 2. The summed E-state index contributed by atoms with van der Waals surface area (Å²) >= 11 is 0. The van der Waals surface area contributed by atoms with Gasteiger partial charge in [0.25, 0.3) is 5.91 Å². The molecule has 2 aliphatic heterocycles. The smallest absolute Gasteiger partial charge is 0.410 e. The number of hydrogen-bond acceptors (Lipinski definition) is 5. The normalized spacial score (nSPS) is 20.8. The minimum absolute atomic E-state index is 0.0646. The molecular weight excluding hydrogens is 384 g/mol. The topological polar surface area (TPSA) is 96.5 Å². The summed E-state index contributed by atoms with van der Waals surface area (Å²) in [4.78, 5) is 33.8. The average Bonchev–Trinajstić information content (AvgIpc) is 3.09. The van der Waals surface area contributed by atoms with Crippen molar-refractivity contribution in [1.82, 2.24) is 20.2 Å². The van der Waals surface area contributed by atoms with Gasteiger partial charge in [-0.1, -0.05) is 0 Å². The van der Waals surface area contributed by atoms with E-state index in [1.165, 1.54) is 0 Å². The molecule has 0 bridgehead atoms. The molecule has 1 atom stereocenters. The van der Waals surface area contributed by atoms with E-state index >= 15 is 0 Å². The molecule has 2 aliphatic rings. The van der Waals surface area contributed by atoms with Crippen LogP contribution in [0, 0.1) is 0 Å². The standard InChI is InChI=1S/C22H28N4O4/c1-21(2,3)30-20(28)26-10-7-22(26,4)13-29-18-12-23-8-5-14(18)17-11-15-16(25-17)6-9-24-19(15)27/h5,8,11-12,25H,6-7,9-10,13H2,1-4H3,(H,24,27). The molecule has 160 valence electrons. The predicted octanol–water partition coefficient (Wildman–Crippen LogP) is 3.14. The fourth-order valence-corrected chi connectivity index (χ4v) is 3.77. The van der Waals surface area contributed by atoms with Crippen LogP contribution in [0.15, 0.2) is 24.5 Å². The van der Waals surface area contributed by atoms with E-state index < -0.39 is 11.1 Å². The molecule has 1 saturated heterocycles. The Balaban J connectivity index is 1.50. The number of fused-ring (bicyclic) bond motifs is 1. The van der Waals surface area contributed by atoms with E-state index in [-0.39, 0.29) is 12.0 Å². The van der Waals surface area contributed by atoms with Crippen LogP contribution in [0.2, 0.25) is 0 Å². The second kappa shape index (κ2) is 7.34. The number of nitrogens with zero attached hydrogens (tertiary/aromatic N) is 2. The zero-order chi connectivity index (χ0) is 21.5. The lowest BCUT2D eigenvalue weighted by Crippen LogP contribution is -2.63. The molecule has 0 radical (unpaired) electrons. The van der Waals surface area contributed by atoms with E-state index in [1.807, 2.05) is 39.8 Å². The van der Waals surface area contributed by atoms with Gasteiger partial charge in [-0.05, 0) is 46.2 Å². The maximum Gasteiger partial charge on any atom is 0.410 e. The molecule has 2 aromatic rings. The van der Waals surface area contributed by atoms with Crippen LogP contribution in [-0.2, 0) is 11.2 Å². The molecule has 30 heavy (non-hydrogen) atoms. The Morgan fingerprint density at radius 1 is 1.33 bits per heavy atom. The number of amides is 2. The van der Waals surface area contributed by atoms with Crippen LogP contribution < -0.4 is 10.1 Å². The zero-order valence-corrected chi connectivity index (χ0v) is 17.9. The SMILES string of the molecule is CC(C)(C)OC(=O)N1CCC1(C)COc1cnccc1-c1cc2c([nH]1)CCNC2=O. The molecule has 0 aromatic carbocycles. The maximum atomic E-state index is 12.5. The first-order chi connectivity index (χ1) is 14.2. The highest BCUT2D eigenvalue weighted by Crippen LogP contribution is 2.35. The summed E-state index contributed by atoms with van der Waals surface area (Å²) in [5, 5.41) is 2.86. The summed E-state index contributed by atoms with van der Waals surface area (Å²) in [7, 11) is 0. The van der Waals surface area contributed by atoms with Crippen LogP contribution >= 0.6 is 0 Å². The highest BCUT2D eigenvalue weighted by Gasteiger charge is 2.46. The minimum Gasteiger partial charge on any atom is -0.489 e. The van der Waals surface area contributed by atoms with Gasteiger partial charge in [0.05, 0.1) is 23.0 Å². The van der Waals surface area contributed by atoms with Crippen LogP contribution in [0.1, 0.15) is 50.2 Å². The molecule has 2 N–H and O–H groups in total. The van der Waals surface area contributed by atoms with Crippen molar-refractivity contribution in [3.05, 3.63) is 35.8 Å². The summed E-state index contributed by atoms with van der Waals surface area (Å²) in [6.07, 6.45) is 4.63. The number of likely N-dealkylation sites (tertiary alicyclic amines) is 1. The summed E-state index contributed by atoms with van der Waals surface area (Å²) in [5.74, 6) is 0.541. The Bertz CT molecular complexity index is 978. The molecule has 2 amide bonds. The Morgan fingerprint density at radius 2 is 2.13 bits per heavy atom. The quantitative estimate of drug-likeness (QED) is 0.804. The number of nitrogens with one attached hydrogen (secondary N) is 2. The molecule has 4 rings (SSSR count). The van der Waals surface area contributed by atoms with Crippen molar-refractivity contribution in [3.63, 3.8) is 0 Å². The van der Waals surface area contributed by atoms with E-state index in [0.717, 1.165) is 29.8 Å². The molecular formula is C22H28N4O4. The van der Waals surface area contributed by atoms with Crippen molar-refractivity contribution < 1.29 is 19.1 Å². The van der Waals surface area contributed by atoms with Crippen LogP contribution in [0.3, 0.4) is 0 Å². The van der Waals surface area contributed by atoms with Crippen molar-refractivity contribution >= 4 is 12.0 Å². The van der Waals surface area contributed by atoms with Crippen LogP contribution in [0.4, 0.5) is 4.79 Å². The Hall–Kier alpha value is -3.03. The minimum atomic E-state index is -0.538. The molecule has 1 unspecified atom stereocenters. The van der Waals surface area contributed by atoms with E-state index in [9.17, 15) is 9.59 Å². The Labute approximate surface area is 176 Å². The monoisotopic (exact) mass is 412 g/mol. The summed E-state index contributed by atoms with van der Waals surface area (Å²) in [6.45, 7) is 9.17. The van der Waals surface area contributed by atoms with E-state index in [0.29, 0.717) is 31.0 Å². The molecule has 8 heteroatoms. The predicted molar refractivity (Wildman–Crippen MR) is 112 cm³/mol. The summed E-state index contributed by atoms with van der Waals surface area (Å²) in [6, 6.07) is 3.71. The van der Waals surface area contributed by atoms with Crippen LogP contribution in [-0.4, -0.2) is 57.7 Å². The molecule has 1 fully saturated rings. The lowest BCUT2D eigenvalue weighted by atomic mass is 9.88. The number of carbonyl (C=O) groups is 2. The summed E-state index contributed by atoms with van der Waals surface area (Å²) < 4.78 is 11.7. The van der Waals surface area contributed by atoms with E-state index in [2.05, 4.69) is 15.3 Å². The maximum absolute atomic E-state index is 12.5. The largest absolute Gasteiger partial charge is 0.489 e. The van der Waals surface area contributed by atoms with Gasteiger partial charge >= 0.3 is 6.09 Å². The van der Waals surface area contributed by atoms with Gasteiger partial charge in [-0.25, -0.2) is 4.79 Å². The van der Waals surface area contributed by atoms with Crippen LogP contribution in [0.5, 0.6) is 5.75 Å². The van der Waals surface area contributed by atoms with Crippen molar-refractivity contribution in [2.24, 2.45) is 0 Å². The molecule has 8 nitrogen and oxygen atoms in total. The number of aromatic amines is 1. The highest BCUT2D eigenvalue weighted by molar-refractivity contribution is 5.98. The fraction of sp³-hybridized carbons (Fsp3) is 0.500. The Morgan fingerprint density at radius 3 is 2.80 bits per heavy atom.